The summed E-state index contributed by atoms with van der Waals surface area (Å²) in [6.07, 6.45) is 4.39. The zero-order valence-electron chi connectivity index (χ0n) is 19.7. The second-order valence-corrected chi connectivity index (χ2v) is 7.82. The van der Waals surface area contributed by atoms with Crippen LogP contribution in [0.3, 0.4) is 0 Å². The molecule has 0 aliphatic heterocycles. The summed E-state index contributed by atoms with van der Waals surface area (Å²) in [4.78, 5) is 33.1. The average molecular weight is 492 g/mol. The van der Waals surface area contributed by atoms with Gasteiger partial charge in [0.2, 0.25) is 0 Å². The van der Waals surface area contributed by atoms with Crippen molar-refractivity contribution in [3.05, 3.63) is 94.4 Å². The highest BCUT2D eigenvalue weighted by atomic mass is 19.1. The largest absolute Gasteiger partial charge is 0.493 e. The summed E-state index contributed by atoms with van der Waals surface area (Å²) in [7, 11) is 1.57. The minimum absolute atomic E-state index is 0.118. The molecule has 0 saturated heterocycles. The van der Waals surface area contributed by atoms with Crippen LogP contribution in [0.5, 0.6) is 17.2 Å². The van der Waals surface area contributed by atoms with E-state index >= 15 is 0 Å². The van der Waals surface area contributed by atoms with E-state index in [1.165, 1.54) is 35.2 Å². The van der Waals surface area contributed by atoms with Crippen LogP contribution in [-0.4, -0.2) is 27.0 Å². The third-order valence-corrected chi connectivity index (χ3v) is 5.15. The first-order chi connectivity index (χ1) is 17.2. The first-order valence-corrected chi connectivity index (χ1v) is 11.0. The number of amides is 1. The monoisotopic (exact) mass is 492 g/mol. The van der Waals surface area contributed by atoms with E-state index in [9.17, 15) is 18.4 Å². The molecule has 2 aromatic heterocycles. The van der Waals surface area contributed by atoms with Crippen LogP contribution in [0.1, 0.15) is 23.1 Å². The highest BCUT2D eigenvalue weighted by Gasteiger charge is 2.18. The lowest BCUT2D eigenvalue weighted by Crippen LogP contribution is -2.16. The number of anilines is 1. The second kappa shape index (κ2) is 10.3. The van der Waals surface area contributed by atoms with Crippen LogP contribution in [0.2, 0.25) is 0 Å². The van der Waals surface area contributed by atoms with Crippen molar-refractivity contribution in [3.8, 4) is 28.4 Å². The van der Waals surface area contributed by atoms with Gasteiger partial charge in [-0.15, -0.1) is 0 Å². The molecule has 2 aromatic carbocycles. The van der Waals surface area contributed by atoms with E-state index in [0.717, 1.165) is 6.07 Å². The van der Waals surface area contributed by atoms with Gasteiger partial charge in [-0.2, -0.15) is 0 Å². The van der Waals surface area contributed by atoms with Crippen molar-refractivity contribution in [1.29, 1.82) is 0 Å². The zero-order valence-corrected chi connectivity index (χ0v) is 19.7. The zero-order chi connectivity index (χ0) is 25.8. The first-order valence-electron chi connectivity index (χ1n) is 11.0. The topological polar surface area (TPSA) is 95.3 Å². The number of hydrogen-bond donors (Lipinski definition) is 1. The maximum Gasteiger partial charge on any atom is 0.275 e. The van der Waals surface area contributed by atoms with Crippen molar-refractivity contribution in [1.82, 2.24) is 14.5 Å². The number of benzene rings is 2. The van der Waals surface area contributed by atoms with E-state index in [0.29, 0.717) is 28.6 Å². The van der Waals surface area contributed by atoms with Crippen LogP contribution in [0, 0.1) is 18.6 Å². The number of carbonyl (C=O) groups excluding carboxylic acids is 1. The molecule has 2 heterocycles. The summed E-state index contributed by atoms with van der Waals surface area (Å²) in [5, 5.41) is 2.75. The van der Waals surface area contributed by atoms with Gasteiger partial charge in [-0.05, 0) is 44.2 Å². The molecule has 0 aliphatic carbocycles. The van der Waals surface area contributed by atoms with Crippen molar-refractivity contribution in [2.75, 3.05) is 11.9 Å². The number of rotatable bonds is 7. The number of halogens is 2. The van der Waals surface area contributed by atoms with Gasteiger partial charge in [0.25, 0.3) is 11.5 Å². The quantitative estimate of drug-likeness (QED) is 0.396. The number of carbonyl (C=O) groups is 1. The minimum atomic E-state index is -0.887. The SMILES string of the molecule is CCOc1cc(=O)n(C)cc1-c1cc(NC(=O)c2cnc(C)cn2)ccc1Oc1ccc(F)cc1F. The van der Waals surface area contributed by atoms with Crippen molar-refractivity contribution in [3.63, 3.8) is 0 Å². The molecule has 4 aromatic rings. The Morgan fingerprint density at radius 2 is 1.78 bits per heavy atom. The molecule has 0 spiro atoms. The van der Waals surface area contributed by atoms with Crippen LogP contribution in [-0.2, 0) is 7.05 Å². The lowest BCUT2D eigenvalue weighted by molar-refractivity contribution is 0.102. The highest BCUT2D eigenvalue weighted by Crippen LogP contribution is 2.40. The fourth-order valence-corrected chi connectivity index (χ4v) is 3.38. The third-order valence-electron chi connectivity index (χ3n) is 5.15. The number of hydrogen-bond acceptors (Lipinski definition) is 6. The number of nitrogens with zero attached hydrogens (tertiary/aromatic N) is 3. The predicted octanol–water partition coefficient (Wildman–Crippen LogP) is 4.87. The van der Waals surface area contributed by atoms with Gasteiger partial charge in [-0.1, -0.05) is 0 Å². The summed E-state index contributed by atoms with van der Waals surface area (Å²) >= 11 is 0. The Kier molecular flexibility index (Phi) is 7.05. The van der Waals surface area contributed by atoms with Crippen LogP contribution >= 0.6 is 0 Å². The Morgan fingerprint density at radius 1 is 1.00 bits per heavy atom. The van der Waals surface area contributed by atoms with Gasteiger partial charge < -0.3 is 19.4 Å². The van der Waals surface area contributed by atoms with Gasteiger partial charge in [-0.25, -0.2) is 13.8 Å². The minimum Gasteiger partial charge on any atom is -0.493 e. The number of aromatic nitrogens is 3. The lowest BCUT2D eigenvalue weighted by atomic mass is 10.0. The van der Waals surface area contributed by atoms with Gasteiger partial charge >= 0.3 is 0 Å². The van der Waals surface area contributed by atoms with Crippen molar-refractivity contribution >= 4 is 11.6 Å². The van der Waals surface area contributed by atoms with Crippen molar-refractivity contribution in [2.45, 2.75) is 13.8 Å². The molecule has 1 amide bonds. The van der Waals surface area contributed by atoms with Gasteiger partial charge in [0, 0.05) is 48.4 Å². The first kappa shape index (κ1) is 24.5. The number of ether oxygens (including phenoxy) is 2. The molecule has 8 nitrogen and oxygen atoms in total. The Bertz CT molecular complexity index is 1490. The number of aryl methyl sites for hydroxylation is 2. The molecule has 0 bridgehead atoms. The van der Waals surface area contributed by atoms with E-state index < -0.39 is 17.5 Å². The van der Waals surface area contributed by atoms with E-state index in [-0.39, 0.29) is 35.1 Å². The lowest BCUT2D eigenvalue weighted by Gasteiger charge is -2.17. The Labute approximate surface area is 205 Å². The molecule has 0 fully saturated rings. The van der Waals surface area contributed by atoms with Gasteiger partial charge in [-0.3, -0.25) is 14.6 Å². The molecule has 36 heavy (non-hydrogen) atoms. The van der Waals surface area contributed by atoms with E-state index in [2.05, 4.69) is 15.3 Å². The number of pyridine rings is 1. The maximum atomic E-state index is 14.3. The number of nitrogens with one attached hydrogen (secondary N) is 1. The van der Waals surface area contributed by atoms with Crippen molar-refractivity contribution in [2.24, 2.45) is 7.05 Å². The molecule has 10 heteroatoms. The Balaban J connectivity index is 1.80. The van der Waals surface area contributed by atoms with E-state index in [1.54, 1.807) is 39.2 Å². The summed E-state index contributed by atoms with van der Waals surface area (Å²) in [6.45, 7) is 3.81. The smallest absolute Gasteiger partial charge is 0.275 e. The molecule has 0 aliphatic rings. The molecule has 0 atom stereocenters. The fourth-order valence-electron chi connectivity index (χ4n) is 3.38. The van der Waals surface area contributed by atoms with Crippen molar-refractivity contribution < 1.29 is 23.0 Å². The van der Waals surface area contributed by atoms with Gasteiger partial charge in [0.1, 0.15) is 23.0 Å². The molecular formula is C26H22F2N4O4. The van der Waals surface area contributed by atoms with Gasteiger partial charge in [0.05, 0.1) is 18.5 Å². The molecule has 0 unspecified atom stereocenters. The summed E-state index contributed by atoms with van der Waals surface area (Å²) < 4.78 is 40.6. The molecule has 0 saturated carbocycles. The average Bonchev–Trinajstić information content (AvgIpc) is 2.84. The van der Waals surface area contributed by atoms with Gasteiger partial charge in [0.15, 0.2) is 11.6 Å². The molecule has 0 radical (unpaired) electrons. The van der Waals surface area contributed by atoms with Crippen LogP contribution in [0.15, 0.2) is 65.8 Å². The Morgan fingerprint density at radius 3 is 2.47 bits per heavy atom. The third kappa shape index (κ3) is 5.38. The predicted molar refractivity (Wildman–Crippen MR) is 129 cm³/mol. The molecular weight excluding hydrogens is 470 g/mol. The molecule has 4 rings (SSSR count). The molecule has 184 valence electrons. The fraction of sp³-hybridized carbons (Fsp3) is 0.154. The summed E-state index contributed by atoms with van der Waals surface area (Å²) in [5.74, 6) is -1.86. The summed E-state index contributed by atoms with van der Waals surface area (Å²) in [5.41, 5.74) is 1.72. The Hall–Kier alpha value is -4.60. The molecule has 1 N–H and O–H groups in total. The van der Waals surface area contributed by atoms with E-state index in [1.807, 2.05) is 0 Å². The van der Waals surface area contributed by atoms with Crippen LogP contribution < -0.4 is 20.3 Å². The van der Waals surface area contributed by atoms with E-state index in [4.69, 9.17) is 9.47 Å². The standard InChI is InChI=1S/C26H22F2N4O4/c1-4-35-24-11-25(33)32(3)14-19(24)18-10-17(31-26(34)21-13-29-15(2)12-30-21)6-8-22(18)36-23-7-5-16(27)9-20(23)28/h5-14H,4H2,1-3H3,(H,31,34). The highest BCUT2D eigenvalue weighted by molar-refractivity contribution is 6.03. The summed E-state index contributed by atoms with van der Waals surface area (Å²) in [6, 6.07) is 8.96. The maximum absolute atomic E-state index is 14.3. The second-order valence-electron chi connectivity index (χ2n) is 7.82. The normalized spacial score (nSPS) is 10.7. The van der Waals surface area contributed by atoms with Crippen LogP contribution in [0.25, 0.3) is 11.1 Å². The van der Waals surface area contributed by atoms with Crippen LogP contribution in [0.4, 0.5) is 14.5 Å².